The molecule has 0 radical (unpaired) electrons. The van der Waals surface area contributed by atoms with Gasteiger partial charge in [-0.05, 0) is 11.1 Å². The van der Waals surface area contributed by atoms with E-state index in [1.54, 1.807) is 0 Å². The summed E-state index contributed by atoms with van der Waals surface area (Å²) in [6.07, 6.45) is 0. The van der Waals surface area contributed by atoms with Crippen molar-refractivity contribution in [1.82, 2.24) is 0 Å². The van der Waals surface area contributed by atoms with Gasteiger partial charge in [0.05, 0.1) is 6.61 Å². The van der Waals surface area contributed by atoms with E-state index in [1.165, 1.54) is 0 Å². The smallest absolute Gasteiger partial charge is 0.312 e. The Kier molecular flexibility index (Phi) is 4.87. The van der Waals surface area contributed by atoms with E-state index in [2.05, 4.69) is 20.1 Å². The number of azide groups is 2. The molecule has 76 valence electrons. The van der Waals surface area contributed by atoms with Gasteiger partial charge in [0.15, 0.2) is 0 Å². The Bertz CT molecular complexity index is 283. The van der Waals surface area contributed by atoms with E-state index in [0.717, 1.165) is 0 Å². The van der Waals surface area contributed by atoms with Crippen LogP contribution in [0.3, 0.4) is 0 Å². The lowest BCUT2D eigenvalue weighted by atomic mass is 9.89. The van der Waals surface area contributed by atoms with Crippen LogP contribution in [0.25, 0.3) is 20.9 Å². The van der Waals surface area contributed by atoms with Gasteiger partial charge in [0, 0.05) is 22.9 Å². The molecule has 0 aliphatic heterocycles. The van der Waals surface area contributed by atoms with Crippen molar-refractivity contribution < 1.29 is 15.0 Å². The summed E-state index contributed by atoms with van der Waals surface area (Å²) in [5.41, 5.74) is 14.3. The lowest BCUT2D eigenvalue weighted by Gasteiger charge is -2.22. The van der Waals surface area contributed by atoms with Crippen LogP contribution in [0.5, 0.6) is 0 Å². The molecule has 9 nitrogen and oxygen atoms in total. The zero-order valence-electron chi connectivity index (χ0n) is 7.11. The zero-order valence-corrected chi connectivity index (χ0v) is 7.11. The van der Waals surface area contributed by atoms with Gasteiger partial charge >= 0.3 is 5.97 Å². The largest absolute Gasteiger partial charge is 0.481 e. The van der Waals surface area contributed by atoms with Crippen molar-refractivity contribution in [3.05, 3.63) is 20.9 Å². The van der Waals surface area contributed by atoms with E-state index < -0.39 is 31.1 Å². The van der Waals surface area contributed by atoms with E-state index in [4.69, 9.17) is 21.3 Å². The number of carboxylic acid groups (broad SMARTS) is 1. The maximum absolute atomic E-state index is 10.7. The van der Waals surface area contributed by atoms with Crippen LogP contribution in [0, 0.1) is 5.41 Å². The lowest BCUT2D eigenvalue weighted by molar-refractivity contribution is -0.150. The number of nitrogens with zero attached hydrogens (tertiary/aromatic N) is 6. The third-order valence-electron chi connectivity index (χ3n) is 1.63. The normalized spacial score (nSPS) is 13.2. The van der Waals surface area contributed by atoms with Crippen molar-refractivity contribution in [1.29, 1.82) is 0 Å². The maximum Gasteiger partial charge on any atom is 0.312 e. The van der Waals surface area contributed by atoms with Crippen molar-refractivity contribution in [2.45, 2.75) is 0 Å². The molecule has 0 aliphatic rings. The van der Waals surface area contributed by atoms with Gasteiger partial charge in [-0.25, -0.2) is 0 Å². The van der Waals surface area contributed by atoms with Gasteiger partial charge < -0.3 is 10.2 Å². The van der Waals surface area contributed by atoms with Gasteiger partial charge in [-0.3, -0.25) is 4.79 Å². The molecular formula is C5H8N6O3. The number of rotatable bonds is 6. The third-order valence-corrected chi connectivity index (χ3v) is 1.63. The minimum atomic E-state index is -1.72. The first-order valence-corrected chi connectivity index (χ1v) is 3.49. The van der Waals surface area contributed by atoms with Crippen LogP contribution in [0.4, 0.5) is 0 Å². The molecule has 0 saturated heterocycles. The molecule has 9 heteroatoms. The molecule has 0 fully saturated rings. The van der Waals surface area contributed by atoms with Gasteiger partial charge in [-0.1, -0.05) is 10.2 Å². The van der Waals surface area contributed by atoms with E-state index in [1.807, 2.05) is 0 Å². The van der Waals surface area contributed by atoms with E-state index in [9.17, 15) is 4.79 Å². The Morgan fingerprint density at radius 3 is 1.93 bits per heavy atom. The van der Waals surface area contributed by atoms with Gasteiger partial charge in [0.25, 0.3) is 0 Å². The SMILES string of the molecule is [N-]=[N+]=NCC(CO)(CN=[N+]=[N-])C(=O)O. The Morgan fingerprint density at radius 2 is 1.71 bits per heavy atom. The highest BCUT2D eigenvalue weighted by Crippen LogP contribution is 2.18. The van der Waals surface area contributed by atoms with Crippen LogP contribution < -0.4 is 0 Å². The highest BCUT2D eigenvalue weighted by atomic mass is 16.4. The van der Waals surface area contributed by atoms with Gasteiger partial charge in [0.1, 0.15) is 5.41 Å². The molecule has 0 spiro atoms. The molecule has 0 aromatic rings. The minimum Gasteiger partial charge on any atom is -0.481 e. The van der Waals surface area contributed by atoms with Crippen molar-refractivity contribution in [3.8, 4) is 0 Å². The Balaban J connectivity index is 4.85. The highest BCUT2D eigenvalue weighted by Gasteiger charge is 2.36. The summed E-state index contributed by atoms with van der Waals surface area (Å²) in [6, 6.07) is 0. The average Bonchev–Trinajstić information content (AvgIpc) is 2.18. The van der Waals surface area contributed by atoms with E-state index in [-0.39, 0.29) is 0 Å². The topological polar surface area (TPSA) is 155 Å². The molecule has 0 aliphatic carbocycles. The molecule has 0 aromatic carbocycles. The van der Waals surface area contributed by atoms with Crippen LogP contribution in [-0.4, -0.2) is 35.9 Å². The van der Waals surface area contributed by atoms with Gasteiger partial charge in [-0.15, -0.1) is 0 Å². The van der Waals surface area contributed by atoms with Crippen LogP contribution >= 0.6 is 0 Å². The molecule has 0 unspecified atom stereocenters. The predicted molar refractivity (Wildman–Crippen MR) is 45.2 cm³/mol. The van der Waals surface area contributed by atoms with E-state index in [0.29, 0.717) is 0 Å². The second-order valence-electron chi connectivity index (χ2n) is 2.52. The summed E-state index contributed by atoms with van der Waals surface area (Å²) >= 11 is 0. The molecule has 0 amide bonds. The van der Waals surface area contributed by atoms with Crippen LogP contribution in [-0.2, 0) is 4.79 Å². The van der Waals surface area contributed by atoms with Crippen molar-refractivity contribution in [2.75, 3.05) is 19.7 Å². The van der Waals surface area contributed by atoms with Crippen LogP contribution in [0.1, 0.15) is 0 Å². The number of aliphatic hydroxyl groups excluding tert-OH is 1. The third kappa shape index (κ3) is 2.83. The number of aliphatic hydroxyl groups is 1. The molecule has 0 heterocycles. The average molecular weight is 200 g/mol. The number of hydrogen-bond donors (Lipinski definition) is 2. The molecule has 0 saturated carbocycles. The molecular weight excluding hydrogens is 192 g/mol. The van der Waals surface area contributed by atoms with E-state index >= 15 is 0 Å². The first-order valence-electron chi connectivity index (χ1n) is 3.49. The van der Waals surface area contributed by atoms with Crippen LogP contribution in [0.15, 0.2) is 10.2 Å². The molecule has 0 bridgehead atoms. The number of carbonyl (C=O) groups is 1. The van der Waals surface area contributed by atoms with Crippen molar-refractivity contribution in [2.24, 2.45) is 15.6 Å². The van der Waals surface area contributed by atoms with Crippen molar-refractivity contribution >= 4 is 5.97 Å². The molecule has 0 atom stereocenters. The maximum atomic E-state index is 10.7. The van der Waals surface area contributed by atoms with Crippen molar-refractivity contribution in [3.63, 3.8) is 0 Å². The van der Waals surface area contributed by atoms with Crippen LogP contribution in [0.2, 0.25) is 0 Å². The van der Waals surface area contributed by atoms with Gasteiger partial charge in [0.2, 0.25) is 0 Å². The summed E-state index contributed by atoms with van der Waals surface area (Å²) in [7, 11) is 0. The summed E-state index contributed by atoms with van der Waals surface area (Å²) in [5.74, 6) is -1.38. The molecule has 2 N–H and O–H groups in total. The summed E-state index contributed by atoms with van der Waals surface area (Å²) in [6.45, 7) is -1.69. The summed E-state index contributed by atoms with van der Waals surface area (Å²) in [5, 5.41) is 23.7. The fourth-order valence-electron chi connectivity index (χ4n) is 0.687. The zero-order chi connectivity index (χ0) is 11.0. The molecule has 0 aromatic heterocycles. The quantitative estimate of drug-likeness (QED) is 0.367. The second-order valence-corrected chi connectivity index (χ2v) is 2.52. The Morgan fingerprint density at radius 1 is 1.29 bits per heavy atom. The minimum absolute atomic E-state index is 0.464. The molecule has 14 heavy (non-hydrogen) atoms. The summed E-state index contributed by atoms with van der Waals surface area (Å²) < 4.78 is 0. The van der Waals surface area contributed by atoms with Gasteiger partial charge in [-0.2, -0.15) is 0 Å². The first kappa shape index (κ1) is 12.0. The second kappa shape index (κ2) is 5.65. The standard InChI is InChI=1S/C5H8N6O3/c6-10-8-1-5(3-12,4(13)14)2-9-11-7/h12H,1-3H2,(H,13,14). The predicted octanol–water partition coefficient (Wildman–Crippen LogP) is 0.670. The fourth-order valence-corrected chi connectivity index (χ4v) is 0.687. The first-order chi connectivity index (χ1) is 6.63. The highest BCUT2D eigenvalue weighted by molar-refractivity contribution is 5.75. The fraction of sp³-hybridized carbons (Fsp3) is 0.800. The number of hydrogen-bond acceptors (Lipinski definition) is 4. The number of carboxylic acids is 1. The number of aliphatic carboxylic acids is 1. The monoisotopic (exact) mass is 200 g/mol. The summed E-state index contributed by atoms with van der Waals surface area (Å²) in [4.78, 5) is 15.5. The Labute approximate surface area is 78.2 Å². The molecule has 0 rings (SSSR count). The Hall–Kier alpha value is -1.95. The lowest BCUT2D eigenvalue weighted by Crippen LogP contribution is -2.40.